The molecule has 2 atom stereocenters. The number of hydrogen-bond donors (Lipinski definition) is 1. The molecule has 22 heavy (non-hydrogen) atoms. The summed E-state index contributed by atoms with van der Waals surface area (Å²) in [5.41, 5.74) is 2.30. The van der Waals surface area contributed by atoms with Gasteiger partial charge in [-0.2, -0.15) is 5.26 Å². The second-order valence-corrected chi connectivity index (χ2v) is 6.84. The molecule has 5 nitrogen and oxygen atoms in total. The number of aromatic nitrogens is 1. The summed E-state index contributed by atoms with van der Waals surface area (Å²) >= 11 is 1.33. The van der Waals surface area contributed by atoms with Gasteiger partial charge in [0.25, 0.3) is 0 Å². The summed E-state index contributed by atoms with van der Waals surface area (Å²) in [6, 6.07) is 4.06. The summed E-state index contributed by atoms with van der Waals surface area (Å²) in [7, 11) is 0. The third-order valence-electron chi connectivity index (χ3n) is 3.61. The Morgan fingerprint density at radius 2 is 2.41 bits per heavy atom. The molecule has 6 heteroatoms. The maximum Gasteiger partial charge on any atom is 0.233 e. The second kappa shape index (κ2) is 7.61. The minimum atomic E-state index is -0.304. The summed E-state index contributed by atoms with van der Waals surface area (Å²) in [6.07, 6.45) is 2.19. The van der Waals surface area contributed by atoms with Crippen molar-refractivity contribution in [2.75, 3.05) is 13.2 Å². The third kappa shape index (κ3) is 4.21. The van der Waals surface area contributed by atoms with Gasteiger partial charge in [-0.1, -0.05) is 11.8 Å². The monoisotopic (exact) mass is 319 g/mol. The fraction of sp³-hybridized carbons (Fsp3) is 0.562. The molecule has 1 fully saturated rings. The van der Waals surface area contributed by atoms with Crippen LogP contribution in [0.1, 0.15) is 36.6 Å². The Balaban J connectivity index is 1.97. The molecule has 118 valence electrons. The van der Waals surface area contributed by atoms with E-state index < -0.39 is 0 Å². The largest absolute Gasteiger partial charge is 0.376 e. The Labute approximate surface area is 135 Å². The van der Waals surface area contributed by atoms with E-state index in [1.807, 2.05) is 26.8 Å². The summed E-state index contributed by atoms with van der Waals surface area (Å²) in [5.74, 6) is -0.0506. The lowest BCUT2D eigenvalue weighted by molar-refractivity contribution is -0.120. The van der Waals surface area contributed by atoms with Gasteiger partial charge in [0, 0.05) is 18.8 Å². The van der Waals surface area contributed by atoms with E-state index in [9.17, 15) is 10.1 Å². The van der Waals surface area contributed by atoms with Gasteiger partial charge in [0.2, 0.25) is 5.91 Å². The van der Waals surface area contributed by atoms with Crippen LogP contribution in [0.3, 0.4) is 0 Å². The maximum absolute atomic E-state index is 12.2. The maximum atomic E-state index is 12.2. The summed E-state index contributed by atoms with van der Waals surface area (Å²) in [5, 5.41) is 12.5. The predicted octanol–water partition coefficient (Wildman–Crippen LogP) is 2.35. The molecule has 1 saturated heterocycles. The SMILES string of the molecule is Cc1cc(C)c(C#N)c(S[C@H](C)C(=O)NC[C@H]2CCCO2)n1. The van der Waals surface area contributed by atoms with Crippen LogP contribution in [0.2, 0.25) is 0 Å². The minimum absolute atomic E-state index is 0.0506. The molecule has 0 unspecified atom stereocenters. The Kier molecular flexibility index (Phi) is 5.81. The molecule has 0 saturated carbocycles. The van der Waals surface area contributed by atoms with Crippen molar-refractivity contribution in [1.29, 1.82) is 5.26 Å². The van der Waals surface area contributed by atoms with Crippen molar-refractivity contribution in [3.8, 4) is 6.07 Å². The van der Waals surface area contributed by atoms with Crippen LogP contribution in [0.5, 0.6) is 0 Å². The summed E-state index contributed by atoms with van der Waals surface area (Å²) in [4.78, 5) is 16.6. The van der Waals surface area contributed by atoms with Crippen LogP contribution in [-0.2, 0) is 9.53 Å². The Morgan fingerprint density at radius 1 is 1.64 bits per heavy atom. The molecular formula is C16H21N3O2S. The lowest BCUT2D eigenvalue weighted by Gasteiger charge is -2.15. The quantitative estimate of drug-likeness (QED) is 0.843. The van der Waals surface area contributed by atoms with Crippen molar-refractivity contribution in [3.05, 3.63) is 22.9 Å². The lowest BCUT2D eigenvalue weighted by Crippen LogP contribution is -2.36. The number of rotatable bonds is 5. The Hall–Kier alpha value is -1.58. The van der Waals surface area contributed by atoms with E-state index in [1.54, 1.807) is 0 Å². The van der Waals surface area contributed by atoms with Crippen molar-refractivity contribution in [1.82, 2.24) is 10.3 Å². The van der Waals surface area contributed by atoms with Crippen molar-refractivity contribution >= 4 is 17.7 Å². The van der Waals surface area contributed by atoms with Gasteiger partial charge in [-0.25, -0.2) is 4.98 Å². The van der Waals surface area contributed by atoms with E-state index in [4.69, 9.17) is 4.74 Å². The predicted molar refractivity (Wildman–Crippen MR) is 85.7 cm³/mol. The lowest BCUT2D eigenvalue weighted by atomic mass is 10.1. The number of thioether (sulfide) groups is 1. The number of ether oxygens (including phenoxy) is 1. The molecule has 0 aliphatic carbocycles. The van der Waals surface area contributed by atoms with Crippen molar-refractivity contribution in [3.63, 3.8) is 0 Å². The third-order valence-corrected chi connectivity index (χ3v) is 4.70. The van der Waals surface area contributed by atoms with Gasteiger partial charge in [0.1, 0.15) is 11.1 Å². The van der Waals surface area contributed by atoms with Crippen LogP contribution >= 0.6 is 11.8 Å². The van der Waals surface area contributed by atoms with Gasteiger partial charge in [-0.05, 0) is 45.2 Å². The number of aryl methyl sites for hydroxylation is 2. The van der Waals surface area contributed by atoms with Crippen LogP contribution in [0.15, 0.2) is 11.1 Å². The molecule has 1 amide bonds. The second-order valence-electron chi connectivity index (χ2n) is 5.51. The van der Waals surface area contributed by atoms with Gasteiger partial charge in [0.15, 0.2) is 0 Å². The Bertz CT molecular complexity index is 592. The van der Waals surface area contributed by atoms with Gasteiger partial charge in [0.05, 0.1) is 16.9 Å². The summed E-state index contributed by atoms with van der Waals surface area (Å²) in [6.45, 7) is 6.94. The highest BCUT2D eigenvalue weighted by atomic mass is 32.2. The average molecular weight is 319 g/mol. The number of hydrogen-bond acceptors (Lipinski definition) is 5. The number of amides is 1. The highest BCUT2D eigenvalue weighted by molar-refractivity contribution is 8.00. The van der Waals surface area contributed by atoms with Crippen molar-refractivity contribution < 1.29 is 9.53 Å². The molecule has 0 bridgehead atoms. The molecule has 1 aliphatic rings. The van der Waals surface area contributed by atoms with Crippen LogP contribution in [0.4, 0.5) is 0 Å². The first-order chi connectivity index (χ1) is 10.5. The summed E-state index contributed by atoms with van der Waals surface area (Å²) < 4.78 is 5.49. The number of carbonyl (C=O) groups excluding carboxylic acids is 1. The average Bonchev–Trinajstić information content (AvgIpc) is 2.97. The van der Waals surface area contributed by atoms with Gasteiger partial charge in [-0.3, -0.25) is 4.79 Å². The smallest absolute Gasteiger partial charge is 0.233 e. The molecule has 2 rings (SSSR count). The molecular weight excluding hydrogens is 298 g/mol. The van der Waals surface area contributed by atoms with Gasteiger partial charge >= 0.3 is 0 Å². The van der Waals surface area contributed by atoms with Crippen molar-refractivity contribution in [2.45, 2.75) is 50.0 Å². The first-order valence-electron chi connectivity index (χ1n) is 7.45. The van der Waals surface area contributed by atoms with E-state index in [2.05, 4.69) is 16.4 Å². The van der Waals surface area contributed by atoms with E-state index >= 15 is 0 Å². The van der Waals surface area contributed by atoms with Crippen LogP contribution in [-0.4, -0.2) is 35.4 Å². The number of nitriles is 1. The topological polar surface area (TPSA) is 75.0 Å². The first-order valence-corrected chi connectivity index (χ1v) is 8.33. The molecule has 2 heterocycles. The zero-order valence-electron chi connectivity index (χ0n) is 13.2. The number of pyridine rings is 1. The van der Waals surface area contributed by atoms with Gasteiger partial charge in [-0.15, -0.1) is 0 Å². The van der Waals surface area contributed by atoms with Gasteiger partial charge < -0.3 is 10.1 Å². The fourth-order valence-corrected chi connectivity index (χ4v) is 3.45. The van der Waals surface area contributed by atoms with Crippen molar-refractivity contribution in [2.24, 2.45) is 0 Å². The fourth-order valence-electron chi connectivity index (χ4n) is 2.41. The van der Waals surface area contributed by atoms with Crippen LogP contribution < -0.4 is 5.32 Å². The van der Waals surface area contributed by atoms with E-state index in [0.717, 1.165) is 30.7 Å². The van der Waals surface area contributed by atoms with E-state index in [-0.39, 0.29) is 17.3 Å². The first kappa shape index (κ1) is 16.8. The molecule has 1 aliphatic heterocycles. The number of carbonyl (C=O) groups is 1. The highest BCUT2D eigenvalue weighted by Gasteiger charge is 2.21. The Morgan fingerprint density at radius 3 is 3.05 bits per heavy atom. The zero-order valence-corrected chi connectivity index (χ0v) is 14.0. The van der Waals surface area contributed by atoms with Crippen LogP contribution in [0, 0.1) is 25.2 Å². The highest BCUT2D eigenvalue weighted by Crippen LogP contribution is 2.27. The molecule has 0 spiro atoms. The van der Waals surface area contributed by atoms with E-state index in [0.29, 0.717) is 17.1 Å². The molecule has 0 radical (unpaired) electrons. The molecule has 1 N–H and O–H groups in total. The molecule has 1 aromatic rings. The van der Waals surface area contributed by atoms with Crippen LogP contribution in [0.25, 0.3) is 0 Å². The molecule has 1 aromatic heterocycles. The number of nitrogens with one attached hydrogen (secondary N) is 1. The van der Waals surface area contributed by atoms with E-state index in [1.165, 1.54) is 11.8 Å². The standard InChI is InChI=1S/C16H21N3O2S/c1-10-7-11(2)19-16(14(10)8-17)22-12(3)15(20)18-9-13-5-4-6-21-13/h7,12-13H,4-6,9H2,1-3H3,(H,18,20)/t12-,13-/m1/s1. The normalized spacial score (nSPS) is 18.7. The number of nitrogens with zero attached hydrogens (tertiary/aromatic N) is 2. The zero-order chi connectivity index (χ0) is 16.1. The molecule has 0 aromatic carbocycles. The minimum Gasteiger partial charge on any atom is -0.376 e.